The standard InChI is InChI=1S/C70H94N4O2Si4/c1-41(2)77(42(3)4,43(5)6)37-33-57-53-29-25-26-30-54(53)58(34-38-78(44(7)8,45(9)10)46(11)12)62-61(57)71-65-66(72-62)70(76)68-67(69(65)75)73-63-59(35-39-79(47(13)14,48(15)16)49(17)18)55-31-27-28-32-56(55)60(64(63)74-68)36-40-80(50(19)20,51(21)22)52(23)24/h25-32,41-52,75-76H,1-24H3. The average Bonchev–Trinajstić information content (AvgIpc) is 3.57. The lowest BCUT2D eigenvalue weighted by atomic mass is 9.96. The van der Waals surface area contributed by atoms with Crippen molar-refractivity contribution in [1.82, 2.24) is 19.9 Å². The van der Waals surface area contributed by atoms with Crippen molar-refractivity contribution < 1.29 is 10.2 Å². The van der Waals surface area contributed by atoms with Gasteiger partial charge in [-0.2, -0.15) is 0 Å². The van der Waals surface area contributed by atoms with Crippen LogP contribution in [0.15, 0.2) is 48.5 Å². The molecule has 10 heteroatoms. The first kappa shape index (κ1) is 62.1. The second-order valence-corrected chi connectivity index (χ2v) is 49.4. The average molecular weight is 1140 g/mol. The third-order valence-corrected chi connectivity index (χ3v) is 44.8. The summed E-state index contributed by atoms with van der Waals surface area (Å²) in [7, 11) is -9.08. The third-order valence-electron chi connectivity index (χ3n) is 19.6. The van der Waals surface area contributed by atoms with Crippen LogP contribution in [0.2, 0.25) is 66.5 Å². The maximum atomic E-state index is 13.0. The minimum absolute atomic E-state index is 0.129. The van der Waals surface area contributed by atoms with E-state index in [0.717, 1.165) is 43.8 Å². The lowest BCUT2D eigenvalue weighted by Gasteiger charge is -2.38. The van der Waals surface area contributed by atoms with Crippen LogP contribution in [0.5, 0.6) is 11.5 Å². The summed E-state index contributed by atoms with van der Waals surface area (Å²) in [5.41, 5.74) is 26.6. The highest BCUT2D eigenvalue weighted by Crippen LogP contribution is 2.47. The summed E-state index contributed by atoms with van der Waals surface area (Å²) in [6.45, 7) is 56.0. The topological polar surface area (TPSA) is 92.0 Å². The van der Waals surface area contributed by atoms with E-state index in [1.165, 1.54) is 0 Å². The summed E-state index contributed by atoms with van der Waals surface area (Å²) < 4.78 is 0. The molecule has 80 heavy (non-hydrogen) atoms. The maximum Gasteiger partial charge on any atom is 0.172 e. The molecule has 0 unspecified atom stereocenters. The largest absolute Gasteiger partial charge is 0.504 e. The van der Waals surface area contributed by atoms with E-state index >= 15 is 0 Å². The number of hydrogen-bond donors (Lipinski definition) is 2. The lowest BCUT2D eigenvalue weighted by molar-refractivity contribution is 0.475. The fourth-order valence-corrected chi connectivity index (χ4v) is 36.6. The summed E-state index contributed by atoms with van der Waals surface area (Å²) in [4.78, 5) is 21.9. The van der Waals surface area contributed by atoms with Gasteiger partial charge in [0.25, 0.3) is 0 Å². The molecule has 0 aliphatic carbocycles. The van der Waals surface area contributed by atoms with Crippen molar-refractivity contribution >= 4 is 98.0 Å². The molecular weight excluding hydrogens is 1040 g/mol. The normalized spacial score (nSPS) is 13.1. The van der Waals surface area contributed by atoms with Crippen LogP contribution in [0.25, 0.3) is 65.7 Å². The van der Waals surface area contributed by atoms with Crippen molar-refractivity contribution in [2.45, 2.75) is 233 Å². The van der Waals surface area contributed by atoms with E-state index in [1.54, 1.807) is 0 Å². The number of rotatable bonds is 12. The number of aromatic hydroxyl groups is 2. The maximum absolute atomic E-state index is 13.0. The van der Waals surface area contributed by atoms with E-state index in [0.29, 0.717) is 88.6 Å². The molecule has 6 nitrogen and oxygen atoms in total. The Bertz CT molecular complexity index is 3220. The molecule has 7 rings (SSSR count). The number of benzene rings is 5. The molecule has 0 aliphatic rings. The number of aromatic nitrogens is 4. The molecule has 0 saturated carbocycles. The molecule has 2 heterocycles. The van der Waals surface area contributed by atoms with Crippen LogP contribution in [0.4, 0.5) is 0 Å². The molecule has 7 aromatic rings. The van der Waals surface area contributed by atoms with Crippen LogP contribution in [0.1, 0.15) is 188 Å². The van der Waals surface area contributed by atoms with Gasteiger partial charge in [0.1, 0.15) is 76.4 Å². The lowest BCUT2D eigenvalue weighted by Crippen LogP contribution is -2.43. The predicted octanol–water partition coefficient (Wildman–Crippen LogP) is 19.9. The van der Waals surface area contributed by atoms with Gasteiger partial charge in [-0.1, -0.05) is 238 Å². The van der Waals surface area contributed by atoms with Crippen LogP contribution >= 0.6 is 0 Å². The number of fused-ring (bicyclic) bond motifs is 6. The Hall–Kier alpha value is -5.47. The molecule has 422 valence electrons. The fraction of sp³-hybridized carbons (Fsp3) is 0.514. The fourth-order valence-electron chi connectivity index (χ4n) is 15.7. The van der Waals surface area contributed by atoms with Gasteiger partial charge in [0.2, 0.25) is 0 Å². The first-order valence-corrected chi connectivity index (χ1v) is 39.1. The van der Waals surface area contributed by atoms with Gasteiger partial charge in [-0.25, -0.2) is 19.9 Å². The Labute approximate surface area is 486 Å². The van der Waals surface area contributed by atoms with Crippen molar-refractivity contribution in [2.75, 3.05) is 0 Å². The van der Waals surface area contributed by atoms with Crippen molar-refractivity contribution in [1.29, 1.82) is 0 Å². The zero-order valence-corrected chi connectivity index (χ0v) is 57.2. The summed E-state index contributed by atoms with van der Waals surface area (Å²) in [5, 5.41) is 29.8. The zero-order valence-electron chi connectivity index (χ0n) is 53.2. The van der Waals surface area contributed by atoms with E-state index < -0.39 is 32.3 Å². The SMILES string of the molecule is CC(C)[Si](C#Cc1c2ccccc2c(C#C[Si](C(C)C)(C(C)C)C(C)C)c2nc3c(O)c4nc5c(C#C[Si](C(C)C)(C(C)C)C(C)C)c6ccccc6c(C#C[Si](C(C)C)(C(C)C)C(C)C)c5nc4c(O)c3nc12)(C(C)C)C(C)C. The molecule has 2 N–H and O–H groups in total. The van der Waals surface area contributed by atoms with Crippen LogP contribution < -0.4 is 0 Å². The first-order chi connectivity index (χ1) is 37.4. The molecule has 0 fully saturated rings. The summed E-state index contributed by atoms with van der Waals surface area (Å²) in [5.74, 6) is 14.9. The van der Waals surface area contributed by atoms with Crippen LogP contribution in [-0.2, 0) is 0 Å². The molecule has 0 atom stereocenters. The van der Waals surface area contributed by atoms with Crippen molar-refractivity contribution in [3.8, 4) is 57.4 Å². The Kier molecular flexibility index (Phi) is 18.2. The Balaban J connectivity index is 1.77. The number of phenols is 2. The summed E-state index contributed by atoms with van der Waals surface area (Å²) in [6.07, 6.45) is 0. The summed E-state index contributed by atoms with van der Waals surface area (Å²) in [6, 6.07) is 16.8. The van der Waals surface area contributed by atoms with E-state index in [-0.39, 0.29) is 33.6 Å². The molecule has 0 saturated heterocycles. The van der Waals surface area contributed by atoms with Crippen LogP contribution in [0, 0.1) is 45.9 Å². The highest BCUT2D eigenvalue weighted by molar-refractivity contribution is 6.92. The van der Waals surface area contributed by atoms with E-state index in [9.17, 15) is 10.2 Å². The molecule has 0 aliphatic heterocycles. The van der Waals surface area contributed by atoms with Crippen molar-refractivity contribution in [2.24, 2.45) is 0 Å². The van der Waals surface area contributed by atoms with Gasteiger partial charge >= 0.3 is 0 Å². The minimum Gasteiger partial charge on any atom is -0.504 e. The monoisotopic (exact) mass is 1130 g/mol. The van der Waals surface area contributed by atoms with Crippen LogP contribution in [0.3, 0.4) is 0 Å². The smallest absolute Gasteiger partial charge is 0.172 e. The van der Waals surface area contributed by atoms with E-state index in [4.69, 9.17) is 19.9 Å². The molecular formula is C70H94N4O2Si4. The van der Waals surface area contributed by atoms with Gasteiger partial charge in [0.15, 0.2) is 11.5 Å². The number of phenolic OH excluding ortho intramolecular Hbond substituents is 2. The quantitative estimate of drug-likeness (QED) is 0.0548. The Morgan fingerprint density at radius 1 is 0.263 bits per heavy atom. The molecule has 5 aromatic carbocycles. The molecule has 0 radical (unpaired) electrons. The highest BCUT2D eigenvalue weighted by atomic mass is 28.3. The molecule has 0 bridgehead atoms. The third kappa shape index (κ3) is 10.0. The number of nitrogens with zero attached hydrogens (tertiary/aromatic N) is 4. The Morgan fingerprint density at radius 3 is 0.550 bits per heavy atom. The van der Waals surface area contributed by atoms with Gasteiger partial charge in [-0.3, -0.25) is 0 Å². The summed E-state index contributed by atoms with van der Waals surface area (Å²) >= 11 is 0. The molecule has 2 aromatic heterocycles. The van der Waals surface area contributed by atoms with Gasteiger partial charge in [-0.05, 0) is 66.5 Å². The minimum atomic E-state index is -2.27. The highest BCUT2D eigenvalue weighted by Gasteiger charge is 2.45. The predicted molar refractivity (Wildman–Crippen MR) is 358 cm³/mol. The van der Waals surface area contributed by atoms with Gasteiger partial charge in [0, 0.05) is 21.5 Å². The van der Waals surface area contributed by atoms with E-state index in [2.05, 4.69) is 261 Å². The second kappa shape index (κ2) is 23.4. The van der Waals surface area contributed by atoms with Crippen molar-refractivity contribution in [3.63, 3.8) is 0 Å². The van der Waals surface area contributed by atoms with E-state index in [1.807, 2.05) is 0 Å². The number of hydrogen-bond acceptors (Lipinski definition) is 6. The van der Waals surface area contributed by atoms with Gasteiger partial charge < -0.3 is 10.2 Å². The first-order valence-electron chi connectivity index (χ1n) is 30.2. The second-order valence-electron chi connectivity index (χ2n) is 27.1. The van der Waals surface area contributed by atoms with Gasteiger partial charge in [-0.15, -0.1) is 22.2 Å². The zero-order chi connectivity index (χ0) is 59.5. The Morgan fingerprint density at radius 2 is 0.412 bits per heavy atom. The van der Waals surface area contributed by atoms with Crippen molar-refractivity contribution in [3.05, 3.63) is 70.8 Å². The molecule has 0 spiro atoms. The van der Waals surface area contributed by atoms with Crippen LogP contribution in [-0.4, -0.2) is 62.4 Å². The molecule has 0 amide bonds. The van der Waals surface area contributed by atoms with Gasteiger partial charge in [0.05, 0.1) is 22.3 Å².